The van der Waals surface area contributed by atoms with Gasteiger partial charge in [0.1, 0.15) is 5.65 Å². The first-order chi connectivity index (χ1) is 12.2. The van der Waals surface area contributed by atoms with Crippen LogP contribution in [-0.2, 0) is 0 Å². The third-order valence-corrected chi connectivity index (χ3v) is 4.52. The molecule has 0 radical (unpaired) electrons. The molecule has 3 N–H and O–H groups in total. The summed E-state index contributed by atoms with van der Waals surface area (Å²) >= 11 is 0. The zero-order valence-electron chi connectivity index (χ0n) is 13.6. The van der Waals surface area contributed by atoms with E-state index >= 15 is 0 Å². The number of piperidine rings is 1. The highest BCUT2D eigenvalue weighted by Crippen LogP contribution is 2.26. The van der Waals surface area contributed by atoms with E-state index in [0.717, 1.165) is 25.9 Å². The normalized spacial score (nSPS) is 15.4. The van der Waals surface area contributed by atoms with E-state index < -0.39 is 5.95 Å². The van der Waals surface area contributed by atoms with Crippen LogP contribution < -0.4 is 10.6 Å². The van der Waals surface area contributed by atoms with Crippen molar-refractivity contribution < 1.29 is 9.18 Å². The van der Waals surface area contributed by atoms with Crippen LogP contribution in [0.1, 0.15) is 23.2 Å². The summed E-state index contributed by atoms with van der Waals surface area (Å²) in [5.41, 5.74) is 2.08. The first kappa shape index (κ1) is 15.7. The Morgan fingerprint density at radius 2 is 2.12 bits per heavy atom. The van der Waals surface area contributed by atoms with Gasteiger partial charge in [-0.25, -0.2) is 9.97 Å². The van der Waals surface area contributed by atoms with E-state index in [9.17, 15) is 9.18 Å². The van der Waals surface area contributed by atoms with Crippen molar-refractivity contribution in [2.45, 2.75) is 18.9 Å². The van der Waals surface area contributed by atoms with Crippen LogP contribution in [0.15, 0.2) is 36.8 Å². The number of hydrogen-bond donors (Lipinski definition) is 3. The van der Waals surface area contributed by atoms with Crippen LogP contribution in [-0.4, -0.2) is 40.0 Å². The van der Waals surface area contributed by atoms with Crippen molar-refractivity contribution in [2.75, 3.05) is 13.1 Å². The summed E-state index contributed by atoms with van der Waals surface area (Å²) in [6, 6.07) is 5.26. The van der Waals surface area contributed by atoms with Crippen molar-refractivity contribution in [3.05, 3.63) is 48.3 Å². The van der Waals surface area contributed by atoms with Crippen LogP contribution in [0.3, 0.4) is 0 Å². The van der Waals surface area contributed by atoms with Crippen molar-refractivity contribution >= 4 is 16.9 Å². The van der Waals surface area contributed by atoms with Crippen LogP contribution >= 0.6 is 0 Å². The molecule has 0 atom stereocenters. The molecular formula is C18H18FN5O. The van der Waals surface area contributed by atoms with Gasteiger partial charge in [-0.3, -0.25) is 4.79 Å². The maximum Gasteiger partial charge on any atom is 0.253 e. The molecule has 1 amide bonds. The van der Waals surface area contributed by atoms with Gasteiger partial charge in [0.2, 0.25) is 5.95 Å². The molecule has 1 aliphatic heterocycles. The van der Waals surface area contributed by atoms with Crippen LogP contribution in [0, 0.1) is 5.95 Å². The molecule has 0 bridgehead atoms. The van der Waals surface area contributed by atoms with E-state index in [1.54, 1.807) is 30.6 Å². The highest BCUT2D eigenvalue weighted by atomic mass is 19.1. The van der Waals surface area contributed by atoms with Gasteiger partial charge in [-0.2, -0.15) is 4.39 Å². The summed E-state index contributed by atoms with van der Waals surface area (Å²) in [5, 5.41) is 7.02. The number of hydrogen-bond acceptors (Lipinski definition) is 4. The Morgan fingerprint density at radius 1 is 1.28 bits per heavy atom. The highest BCUT2D eigenvalue weighted by Gasteiger charge is 2.19. The fraction of sp³-hybridized carbons (Fsp3) is 0.278. The lowest BCUT2D eigenvalue weighted by Gasteiger charge is -2.23. The first-order valence-corrected chi connectivity index (χ1v) is 8.32. The average Bonchev–Trinajstić information content (AvgIpc) is 3.06. The minimum absolute atomic E-state index is 0.135. The van der Waals surface area contributed by atoms with Crippen molar-refractivity contribution in [3.8, 4) is 11.1 Å². The van der Waals surface area contributed by atoms with Crippen LogP contribution in [0.4, 0.5) is 4.39 Å². The predicted octanol–water partition coefficient (Wildman–Crippen LogP) is 2.25. The number of aromatic amines is 1. The van der Waals surface area contributed by atoms with Gasteiger partial charge in [0, 0.05) is 41.1 Å². The van der Waals surface area contributed by atoms with Crippen LogP contribution in [0.5, 0.6) is 0 Å². The lowest BCUT2D eigenvalue weighted by atomic mass is 10.0. The van der Waals surface area contributed by atoms with Crippen molar-refractivity contribution in [3.63, 3.8) is 0 Å². The number of H-pyrrole nitrogens is 1. The monoisotopic (exact) mass is 339 g/mol. The topological polar surface area (TPSA) is 82.7 Å². The van der Waals surface area contributed by atoms with Crippen LogP contribution in [0.25, 0.3) is 22.2 Å². The number of pyridine rings is 2. The smallest absolute Gasteiger partial charge is 0.253 e. The summed E-state index contributed by atoms with van der Waals surface area (Å²) in [4.78, 5) is 23.6. The Labute approximate surface area is 143 Å². The second kappa shape index (κ2) is 6.60. The second-order valence-corrected chi connectivity index (χ2v) is 6.16. The lowest BCUT2D eigenvalue weighted by Crippen LogP contribution is -2.42. The van der Waals surface area contributed by atoms with Gasteiger partial charge in [0.05, 0.1) is 5.56 Å². The summed E-state index contributed by atoms with van der Waals surface area (Å²) in [5.74, 6) is -0.691. The van der Waals surface area contributed by atoms with Crippen molar-refractivity contribution in [2.24, 2.45) is 0 Å². The Kier molecular flexibility index (Phi) is 4.15. The van der Waals surface area contributed by atoms with Gasteiger partial charge in [0.15, 0.2) is 0 Å². The molecule has 1 aliphatic rings. The fourth-order valence-corrected chi connectivity index (χ4v) is 3.17. The minimum Gasteiger partial charge on any atom is -0.349 e. The average molecular weight is 339 g/mol. The fourth-order valence-electron chi connectivity index (χ4n) is 3.17. The van der Waals surface area contributed by atoms with Crippen LogP contribution in [0.2, 0.25) is 0 Å². The molecule has 3 aromatic heterocycles. The van der Waals surface area contributed by atoms with Gasteiger partial charge in [-0.05, 0) is 44.1 Å². The van der Waals surface area contributed by atoms with E-state index in [2.05, 4.69) is 25.6 Å². The summed E-state index contributed by atoms with van der Waals surface area (Å²) in [6.07, 6.45) is 6.46. The van der Waals surface area contributed by atoms with E-state index in [-0.39, 0.29) is 11.9 Å². The van der Waals surface area contributed by atoms with Gasteiger partial charge < -0.3 is 15.6 Å². The number of carbonyl (C=O) groups is 1. The number of halogens is 1. The van der Waals surface area contributed by atoms with E-state index in [1.165, 1.54) is 6.20 Å². The number of aromatic nitrogens is 3. The standard InChI is InChI=1S/C18H18FN5O/c19-16-13(2-1-5-21-16)11-8-14-15(10-23-17(14)22-9-11)18(25)24-12-3-6-20-7-4-12/h1-2,5,8-10,12,20H,3-4,6-7H2,(H,22,23)(H,24,25). The zero-order chi connectivity index (χ0) is 17.2. The maximum absolute atomic E-state index is 13.9. The lowest BCUT2D eigenvalue weighted by molar-refractivity contribution is 0.0931. The predicted molar refractivity (Wildman–Crippen MR) is 92.6 cm³/mol. The molecule has 1 fully saturated rings. The largest absolute Gasteiger partial charge is 0.349 e. The molecule has 3 aromatic rings. The molecule has 25 heavy (non-hydrogen) atoms. The molecule has 0 unspecified atom stereocenters. The second-order valence-electron chi connectivity index (χ2n) is 6.16. The molecule has 6 nitrogen and oxygen atoms in total. The third-order valence-electron chi connectivity index (χ3n) is 4.52. The molecule has 0 spiro atoms. The molecule has 0 aliphatic carbocycles. The molecule has 7 heteroatoms. The third kappa shape index (κ3) is 3.10. The highest BCUT2D eigenvalue weighted by molar-refractivity contribution is 6.06. The summed E-state index contributed by atoms with van der Waals surface area (Å²) in [7, 11) is 0. The van der Waals surface area contributed by atoms with E-state index in [1.807, 2.05) is 0 Å². The van der Waals surface area contributed by atoms with Gasteiger partial charge in [-0.15, -0.1) is 0 Å². The van der Waals surface area contributed by atoms with Gasteiger partial charge in [-0.1, -0.05) is 0 Å². The molecule has 128 valence electrons. The number of fused-ring (bicyclic) bond motifs is 1. The quantitative estimate of drug-likeness (QED) is 0.639. The SMILES string of the molecule is O=C(NC1CCNCC1)c1c[nH]c2ncc(-c3cccnc3F)cc12. The molecular weight excluding hydrogens is 321 g/mol. The number of amides is 1. The summed E-state index contributed by atoms with van der Waals surface area (Å²) in [6.45, 7) is 1.82. The number of rotatable bonds is 3. The Morgan fingerprint density at radius 3 is 2.92 bits per heavy atom. The Bertz CT molecular complexity index is 917. The maximum atomic E-state index is 13.9. The Hall–Kier alpha value is -2.80. The van der Waals surface area contributed by atoms with Gasteiger partial charge in [0.25, 0.3) is 5.91 Å². The molecule has 0 saturated carbocycles. The summed E-state index contributed by atoms with van der Waals surface area (Å²) < 4.78 is 13.9. The molecule has 4 heterocycles. The van der Waals surface area contributed by atoms with Crippen molar-refractivity contribution in [1.29, 1.82) is 0 Å². The number of carbonyl (C=O) groups excluding carboxylic acids is 1. The zero-order valence-corrected chi connectivity index (χ0v) is 13.6. The molecule has 1 saturated heterocycles. The van der Waals surface area contributed by atoms with E-state index in [0.29, 0.717) is 27.7 Å². The number of nitrogens with one attached hydrogen (secondary N) is 3. The minimum atomic E-state index is -0.556. The molecule has 4 rings (SSSR count). The molecule has 0 aromatic carbocycles. The first-order valence-electron chi connectivity index (χ1n) is 8.32. The van der Waals surface area contributed by atoms with Crippen molar-refractivity contribution in [1.82, 2.24) is 25.6 Å². The van der Waals surface area contributed by atoms with E-state index in [4.69, 9.17) is 0 Å². The number of nitrogens with zero attached hydrogens (tertiary/aromatic N) is 2. The Balaban J connectivity index is 1.67. The van der Waals surface area contributed by atoms with Gasteiger partial charge >= 0.3 is 0 Å².